The molecular formula is C10H18O. The van der Waals surface area contributed by atoms with Crippen molar-refractivity contribution < 1.29 is 5.11 Å². The van der Waals surface area contributed by atoms with Crippen LogP contribution in [0.3, 0.4) is 0 Å². The van der Waals surface area contributed by atoms with E-state index in [1.54, 1.807) is 0 Å². The number of aliphatic hydroxyl groups is 1. The second-order valence-electron chi connectivity index (χ2n) is 4.28. The van der Waals surface area contributed by atoms with Gasteiger partial charge in [0.05, 0.1) is 5.60 Å². The van der Waals surface area contributed by atoms with Crippen LogP contribution >= 0.6 is 0 Å². The highest BCUT2D eigenvalue weighted by molar-refractivity contribution is 5.10. The average Bonchev–Trinajstić information content (AvgIpc) is 1.81. The van der Waals surface area contributed by atoms with Gasteiger partial charge in [-0.1, -0.05) is 26.0 Å². The average molecular weight is 154 g/mol. The van der Waals surface area contributed by atoms with E-state index in [-0.39, 0.29) is 0 Å². The molecular weight excluding hydrogens is 136 g/mol. The Kier molecular flexibility index (Phi) is 2.10. The van der Waals surface area contributed by atoms with Crippen LogP contribution in [-0.2, 0) is 0 Å². The van der Waals surface area contributed by atoms with Gasteiger partial charge in [0.2, 0.25) is 0 Å². The molecule has 1 nitrogen and oxygen atoms in total. The van der Waals surface area contributed by atoms with E-state index in [1.165, 1.54) is 5.57 Å². The molecule has 0 heterocycles. The van der Waals surface area contributed by atoms with Crippen molar-refractivity contribution in [2.24, 2.45) is 11.8 Å². The highest BCUT2D eigenvalue weighted by Gasteiger charge is 2.33. The van der Waals surface area contributed by atoms with Gasteiger partial charge in [-0.25, -0.2) is 0 Å². The number of hydrogen-bond donors (Lipinski definition) is 1. The van der Waals surface area contributed by atoms with E-state index in [9.17, 15) is 5.11 Å². The van der Waals surface area contributed by atoms with Gasteiger partial charge in [0, 0.05) is 0 Å². The topological polar surface area (TPSA) is 20.2 Å². The zero-order chi connectivity index (χ0) is 8.65. The summed E-state index contributed by atoms with van der Waals surface area (Å²) in [5.74, 6) is 0.961. The number of allylic oxidation sites excluding steroid dienone is 1. The molecule has 0 amide bonds. The summed E-state index contributed by atoms with van der Waals surface area (Å²) in [6.45, 7) is 10.2. The van der Waals surface area contributed by atoms with Gasteiger partial charge in [0.1, 0.15) is 0 Å². The van der Waals surface area contributed by atoms with Crippen LogP contribution in [0, 0.1) is 11.8 Å². The molecule has 1 fully saturated rings. The summed E-state index contributed by atoms with van der Waals surface area (Å²) in [5, 5.41) is 9.79. The monoisotopic (exact) mass is 154 g/mol. The molecule has 11 heavy (non-hydrogen) atoms. The lowest BCUT2D eigenvalue weighted by molar-refractivity contribution is 0.00469. The molecule has 0 radical (unpaired) electrons. The van der Waals surface area contributed by atoms with Crippen molar-refractivity contribution in [2.75, 3.05) is 0 Å². The first-order valence-electron chi connectivity index (χ1n) is 4.33. The molecule has 0 bridgehead atoms. The van der Waals surface area contributed by atoms with E-state index in [2.05, 4.69) is 20.4 Å². The Balaban J connectivity index is 2.70. The van der Waals surface area contributed by atoms with E-state index < -0.39 is 5.60 Å². The second kappa shape index (κ2) is 2.63. The Morgan fingerprint density at radius 3 is 2.09 bits per heavy atom. The highest BCUT2D eigenvalue weighted by Crippen LogP contribution is 2.38. The fourth-order valence-corrected chi connectivity index (χ4v) is 2.15. The molecule has 0 aliphatic heterocycles. The molecule has 1 rings (SSSR count). The molecule has 1 aliphatic carbocycles. The van der Waals surface area contributed by atoms with Crippen molar-refractivity contribution in [1.29, 1.82) is 0 Å². The molecule has 0 aromatic heterocycles. The maximum atomic E-state index is 9.79. The smallest absolute Gasteiger partial charge is 0.0631 e. The fourth-order valence-electron chi connectivity index (χ4n) is 2.15. The normalized spacial score (nSPS) is 46.0. The number of hydrogen-bond acceptors (Lipinski definition) is 1. The van der Waals surface area contributed by atoms with Crippen LogP contribution in [0.4, 0.5) is 0 Å². The van der Waals surface area contributed by atoms with Gasteiger partial charge in [0.25, 0.3) is 0 Å². The summed E-state index contributed by atoms with van der Waals surface area (Å²) >= 11 is 0. The van der Waals surface area contributed by atoms with E-state index in [0.717, 1.165) is 12.8 Å². The Bertz CT molecular complexity index is 154. The van der Waals surface area contributed by atoms with E-state index in [0.29, 0.717) is 11.8 Å². The van der Waals surface area contributed by atoms with Crippen molar-refractivity contribution in [3.63, 3.8) is 0 Å². The second-order valence-corrected chi connectivity index (χ2v) is 4.28. The quantitative estimate of drug-likeness (QED) is 0.531. The van der Waals surface area contributed by atoms with Crippen molar-refractivity contribution in [3.8, 4) is 0 Å². The lowest BCUT2D eigenvalue weighted by atomic mass is 9.72. The largest absolute Gasteiger partial charge is 0.390 e. The standard InChI is InChI=1S/C10H18O/c1-7-5-10(4,11)6-8(2)9(7)3/h7-8,11H,3,5-6H2,1-2,4H3/t7-,8-/m1/s1. The summed E-state index contributed by atoms with van der Waals surface area (Å²) in [4.78, 5) is 0. The third-order valence-electron chi connectivity index (χ3n) is 2.76. The van der Waals surface area contributed by atoms with Crippen LogP contribution in [0.1, 0.15) is 33.6 Å². The summed E-state index contributed by atoms with van der Waals surface area (Å²) in [5.41, 5.74) is 0.844. The molecule has 64 valence electrons. The van der Waals surface area contributed by atoms with Crippen molar-refractivity contribution in [2.45, 2.75) is 39.2 Å². The van der Waals surface area contributed by atoms with Crippen molar-refractivity contribution >= 4 is 0 Å². The minimum absolute atomic E-state index is 0.458. The molecule has 1 N–H and O–H groups in total. The Morgan fingerprint density at radius 1 is 1.36 bits per heavy atom. The van der Waals surface area contributed by atoms with Crippen molar-refractivity contribution in [1.82, 2.24) is 0 Å². The van der Waals surface area contributed by atoms with E-state index in [4.69, 9.17) is 0 Å². The van der Waals surface area contributed by atoms with Gasteiger partial charge in [0.15, 0.2) is 0 Å². The third kappa shape index (κ3) is 1.84. The zero-order valence-electron chi connectivity index (χ0n) is 7.72. The zero-order valence-corrected chi connectivity index (χ0v) is 7.72. The Morgan fingerprint density at radius 2 is 1.73 bits per heavy atom. The van der Waals surface area contributed by atoms with Crippen LogP contribution in [0.15, 0.2) is 12.2 Å². The molecule has 0 unspecified atom stereocenters. The molecule has 0 aromatic rings. The first-order chi connectivity index (χ1) is 4.92. The maximum absolute atomic E-state index is 9.79. The predicted molar refractivity (Wildman–Crippen MR) is 47.3 cm³/mol. The first kappa shape index (κ1) is 8.79. The first-order valence-corrected chi connectivity index (χ1v) is 4.33. The molecule has 1 heteroatoms. The Hall–Kier alpha value is -0.300. The minimum atomic E-state index is -0.458. The third-order valence-corrected chi connectivity index (χ3v) is 2.76. The van der Waals surface area contributed by atoms with E-state index >= 15 is 0 Å². The van der Waals surface area contributed by atoms with Gasteiger partial charge in [-0.15, -0.1) is 0 Å². The molecule has 0 aromatic carbocycles. The van der Waals surface area contributed by atoms with Crippen LogP contribution in [0.2, 0.25) is 0 Å². The van der Waals surface area contributed by atoms with Gasteiger partial charge in [-0.2, -0.15) is 0 Å². The van der Waals surface area contributed by atoms with E-state index in [1.807, 2.05) is 6.92 Å². The van der Waals surface area contributed by atoms with Crippen LogP contribution in [0.5, 0.6) is 0 Å². The fraction of sp³-hybridized carbons (Fsp3) is 0.800. The van der Waals surface area contributed by atoms with Crippen LogP contribution < -0.4 is 0 Å². The summed E-state index contributed by atoms with van der Waals surface area (Å²) in [6.07, 6.45) is 1.74. The summed E-state index contributed by atoms with van der Waals surface area (Å²) < 4.78 is 0. The molecule has 1 saturated carbocycles. The van der Waals surface area contributed by atoms with Crippen molar-refractivity contribution in [3.05, 3.63) is 12.2 Å². The lowest BCUT2D eigenvalue weighted by Gasteiger charge is -2.38. The molecule has 1 aliphatic rings. The predicted octanol–water partition coefficient (Wildman–Crippen LogP) is 2.36. The minimum Gasteiger partial charge on any atom is -0.390 e. The highest BCUT2D eigenvalue weighted by atomic mass is 16.3. The summed E-state index contributed by atoms with van der Waals surface area (Å²) in [7, 11) is 0. The maximum Gasteiger partial charge on any atom is 0.0631 e. The SMILES string of the molecule is C=C1[C@H](C)CC(C)(O)C[C@H]1C. The molecule has 0 spiro atoms. The summed E-state index contributed by atoms with van der Waals surface area (Å²) in [6, 6.07) is 0. The lowest BCUT2D eigenvalue weighted by Crippen LogP contribution is -2.35. The molecule has 0 saturated heterocycles. The van der Waals surface area contributed by atoms with Gasteiger partial charge >= 0.3 is 0 Å². The molecule has 2 atom stereocenters. The van der Waals surface area contributed by atoms with Crippen LogP contribution in [0.25, 0.3) is 0 Å². The Labute approximate surface area is 69.1 Å². The number of rotatable bonds is 0. The van der Waals surface area contributed by atoms with Gasteiger partial charge < -0.3 is 5.11 Å². The van der Waals surface area contributed by atoms with Gasteiger partial charge in [-0.05, 0) is 31.6 Å². The van der Waals surface area contributed by atoms with Crippen LogP contribution in [-0.4, -0.2) is 10.7 Å². The van der Waals surface area contributed by atoms with Gasteiger partial charge in [-0.3, -0.25) is 0 Å².